The molecule has 0 bridgehead atoms. The van der Waals surface area contributed by atoms with Crippen molar-refractivity contribution in [1.82, 2.24) is 15.0 Å². The van der Waals surface area contributed by atoms with Crippen molar-refractivity contribution in [3.8, 4) is 11.4 Å². The van der Waals surface area contributed by atoms with E-state index in [1.807, 2.05) is 43.3 Å². The summed E-state index contributed by atoms with van der Waals surface area (Å²) in [5.41, 5.74) is 3.70. The maximum atomic E-state index is 4.46. The van der Waals surface area contributed by atoms with E-state index in [2.05, 4.69) is 47.6 Å². The predicted molar refractivity (Wildman–Crippen MR) is 97.0 cm³/mol. The van der Waals surface area contributed by atoms with E-state index < -0.39 is 0 Å². The number of hydrogen-bond acceptors (Lipinski definition) is 5. The summed E-state index contributed by atoms with van der Waals surface area (Å²) in [6.45, 7) is 2.05. The molecule has 2 aromatic heterocycles. The molecular weight excluding hydrogens is 354 g/mol. The molecule has 0 amide bonds. The summed E-state index contributed by atoms with van der Waals surface area (Å²) in [6.07, 6.45) is 1.75. The lowest BCUT2D eigenvalue weighted by atomic mass is 10.2. The Morgan fingerprint density at radius 1 is 1.00 bits per heavy atom. The van der Waals surface area contributed by atoms with Gasteiger partial charge in [0.25, 0.3) is 0 Å². The standard InChI is InChI=1S/C17H16BrN5/c1-11-9-12(6-7-13(11)18)21-16-10-15(22-17(19-2)23-16)14-5-3-4-8-20-14/h3-10H,1-2H3,(H2,19,21,22,23). The monoisotopic (exact) mass is 369 g/mol. The van der Waals surface area contributed by atoms with E-state index in [1.54, 1.807) is 13.2 Å². The summed E-state index contributed by atoms with van der Waals surface area (Å²) in [6, 6.07) is 13.7. The molecule has 0 saturated heterocycles. The topological polar surface area (TPSA) is 62.7 Å². The minimum Gasteiger partial charge on any atom is -0.357 e. The number of pyridine rings is 1. The lowest BCUT2D eigenvalue weighted by Gasteiger charge is -2.10. The summed E-state index contributed by atoms with van der Waals surface area (Å²) in [7, 11) is 1.80. The summed E-state index contributed by atoms with van der Waals surface area (Å²) in [5.74, 6) is 1.26. The van der Waals surface area contributed by atoms with Crippen molar-refractivity contribution < 1.29 is 0 Å². The van der Waals surface area contributed by atoms with Gasteiger partial charge >= 0.3 is 0 Å². The third kappa shape index (κ3) is 3.65. The number of nitrogens with zero attached hydrogens (tertiary/aromatic N) is 3. The largest absolute Gasteiger partial charge is 0.357 e. The smallest absolute Gasteiger partial charge is 0.225 e. The molecule has 3 rings (SSSR count). The maximum Gasteiger partial charge on any atom is 0.225 e. The van der Waals surface area contributed by atoms with Crippen LogP contribution in [0.5, 0.6) is 0 Å². The van der Waals surface area contributed by atoms with Crippen molar-refractivity contribution in [3.63, 3.8) is 0 Å². The van der Waals surface area contributed by atoms with Crippen LogP contribution in [0.3, 0.4) is 0 Å². The molecule has 6 heteroatoms. The van der Waals surface area contributed by atoms with Gasteiger partial charge in [-0.15, -0.1) is 0 Å². The van der Waals surface area contributed by atoms with Crippen molar-refractivity contribution >= 4 is 33.4 Å². The molecule has 0 aliphatic heterocycles. The number of aryl methyl sites for hydroxylation is 1. The Kier molecular flexibility index (Phi) is 4.52. The second-order valence-corrected chi connectivity index (χ2v) is 5.87. The molecule has 0 aliphatic rings. The Balaban J connectivity index is 1.97. The van der Waals surface area contributed by atoms with E-state index in [1.165, 1.54) is 0 Å². The van der Waals surface area contributed by atoms with E-state index in [4.69, 9.17) is 0 Å². The fraction of sp³-hybridized carbons (Fsp3) is 0.118. The zero-order chi connectivity index (χ0) is 16.2. The van der Waals surface area contributed by atoms with Gasteiger partial charge in [0.2, 0.25) is 5.95 Å². The van der Waals surface area contributed by atoms with Gasteiger partial charge in [-0.25, -0.2) is 4.98 Å². The first kappa shape index (κ1) is 15.4. The van der Waals surface area contributed by atoms with Gasteiger partial charge in [-0.1, -0.05) is 22.0 Å². The molecular formula is C17H16BrN5. The third-order valence-electron chi connectivity index (χ3n) is 3.31. The van der Waals surface area contributed by atoms with Crippen LogP contribution in [-0.4, -0.2) is 22.0 Å². The molecule has 0 spiro atoms. The van der Waals surface area contributed by atoms with E-state index >= 15 is 0 Å². The first-order valence-electron chi connectivity index (χ1n) is 7.17. The second-order valence-electron chi connectivity index (χ2n) is 5.02. The number of rotatable bonds is 4. The molecule has 0 unspecified atom stereocenters. The molecule has 23 heavy (non-hydrogen) atoms. The van der Waals surface area contributed by atoms with Crippen LogP contribution in [-0.2, 0) is 0 Å². The molecule has 2 N–H and O–H groups in total. The summed E-state index contributed by atoms with van der Waals surface area (Å²) >= 11 is 3.51. The average molecular weight is 370 g/mol. The lowest BCUT2D eigenvalue weighted by Crippen LogP contribution is -2.02. The highest BCUT2D eigenvalue weighted by molar-refractivity contribution is 9.10. The van der Waals surface area contributed by atoms with Gasteiger partial charge in [-0.2, -0.15) is 4.98 Å². The van der Waals surface area contributed by atoms with Gasteiger partial charge in [-0.05, 0) is 42.8 Å². The van der Waals surface area contributed by atoms with Gasteiger partial charge in [0, 0.05) is 29.5 Å². The van der Waals surface area contributed by atoms with Crippen molar-refractivity contribution in [2.45, 2.75) is 6.92 Å². The highest BCUT2D eigenvalue weighted by Crippen LogP contribution is 2.25. The normalized spacial score (nSPS) is 10.4. The number of aromatic nitrogens is 3. The van der Waals surface area contributed by atoms with Crippen LogP contribution >= 0.6 is 15.9 Å². The Bertz CT molecular complexity index is 820. The van der Waals surface area contributed by atoms with Crippen molar-refractivity contribution in [3.05, 3.63) is 58.7 Å². The molecule has 0 saturated carbocycles. The first-order chi connectivity index (χ1) is 11.2. The Morgan fingerprint density at radius 2 is 1.87 bits per heavy atom. The quantitative estimate of drug-likeness (QED) is 0.713. The first-order valence-corrected chi connectivity index (χ1v) is 7.96. The van der Waals surface area contributed by atoms with Crippen LogP contribution < -0.4 is 10.6 Å². The van der Waals surface area contributed by atoms with Gasteiger partial charge in [0.1, 0.15) is 5.82 Å². The van der Waals surface area contributed by atoms with Crippen LogP contribution in [0.25, 0.3) is 11.4 Å². The zero-order valence-electron chi connectivity index (χ0n) is 12.8. The van der Waals surface area contributed by atoms with Crippen molar-refractivity contribution in [2.75, 3.05) is 17.7 Å². The number of halogens is 1. The van der Waals surface area contributed by atoms with Crippen molar-refractivity contribution in [1.29, 1.82) is 0 Å². The Morgan fingerprint density at radius 3 is 2.57 bits per heavy atom. The van der Waals surface area contributed by atoms with Crippen molar-refractivity contribution in [2.24, 2.45) is 0 Å². The number of benzene rings is 1. The van der Waals surface area contributed by atoms with Gasteiger partial charge in [0.15, 0.2) is 0 Å². The molecule has 5 nitrogen and oxygen atoms in total. The van der Waals surface area contributed by atoms with Crippen LogP contribution in [0.1, 0.15) is 5.56 Å². The van der Waals surface area contributed by atoms with Gasteiger partial charge in [-0.3, -0.25) is 4.98 Å². The molecule has 0 atom stereocenters. The minimum absolute atomic E-state index is 0.546. The summed E-state index contributed by atoms with van der Waals surface area (Å²) in [4.78, 5) is 13.3. The molecule has 0 fully saturated rings. The highest BCUT2D eigenvalue weighted by Gasteiger charge is 2.07. The SMILES string of the molecule is CNc1nc(Nc2ccc(Br)c(C)c2)cc(-c2ccccn2)n1. The van der Waals surface area contributed by atoms with E-state index in [0.29, 0.717) is 11.8 Å². The highest BCUT2D eigenvalue weighted by atomic mass is 79.9. The van der Waals surface area contributed by atoms with Crippen LogP contribution in [0, 0.1) is 6.92 Å². The molecule has 3 aromatic rings. The number of anilines is 3. The maximum absolute atomic E-state index is 4.46. The number of nitrogens with one attached hydrogen (secondary N) is 2. The fourth-order valence-electron chi connectivity index (χ4n) is 2.14. The van der Waals surface area contributed by atoms with E-state index in [9.17, 15) is 0 Å². The molecule has 116 valence electrons. The summed E-state index contributed by atoms with van der Waals surface area (Å²) in [5, 5.41) is 6.30. The molecule has 2 heterocycles. The van der Waals surface area contributed by atoms with Gasteiger partial charge < -0.3 is 10.6 Å². The lowest BCUT2D eigenvalue weighted by molar-refractivity contribution is 1.14. The summed E-state index contributed by atoms with van der Waals surface area (Å²) < 4.78 is 1.08. The number of hydrogen-bond donors (Lipinski definition) is 2. The van der Waals surface area contributed by atoms with Crippen LogP contribution in [0.15, 0.2) is 53.1 Å². The molecule has 0 radical (unpaired) electrons. The molecule has 0 aliphatic carbocycles. The zero-order valence-corrected chi connectivity index (χ0v) is 14.4. The predicted octanol–water partition coefficient (Wildman–Crippen LogP) is 4.39. The van der Waals surface area contributed by atoms with Gasteiger partial charge in [0.05, 0.1) is 11.4 Å². The van der Waals surface area contributed by atoms with Crippen LogP contribution in [0.4, 0.5) is 17.5 Å². The average Bonchev–Trinajstić information content (AvgIpc) is 2.58. The Hall–Kier alpha value is -2.47. The third-order valence-corrected chi connectivity index (χ3v) is 4.20. The van der Waals surface area contributed by atoms with E-state index in [0.717, 1.165) is 27.1 Å². The second kappa shape index (κ2) is 6.75. The Labute approximate surface area is 143 Å². The minimum atomic E-state index is 0.546. The van der Waals surface area contributed by atoms with E-state index in [-0.39, 0.29) is 0 Å². The molecule has 1 aromatic carbocycles. The van der Waals surface area contributed by atoms with Crippen LogP contribution in [0.2, 0.25) is 0 Å². The fourth-order valence-corrected chi connectivity index (χ4v) is 2.39.